The zero-order valence-electron chi connectivity index (χ0n) is 40.3. The first-order valence-corrected chi connectivity index (χ1v) is 26.8. The number of hydrogen-bond donors (Lipinski definition) is 0. The summed E-state index contributed by atoms with van der Waals surface area (Å²) >= 11 is 0. The standard InChI is InChI=1S/C47H43N2O.C14H16NSi.Ir/c1-29(2)39-27-35(47(5,6)7)28-40(30(3)4)44(39)49-42-19-12-11-18-41(42)48-46(49)38-17-13-16-37-36-25-24-34(26-43(36)50-45(37)38)33-22-20-32(21-23-33)31-14-9-8-10-15-31;1-16(2,3)13-9-10-14(15-11-13)12-7-5-4-6-8-12;/h8-16,18-30H,1-7H3;4-7,9-11H,1-3H3;/q2*-1;. The van der Waals surface area contributed by atoms with Gasteiger partial charge >= 0.3 is 0 Å². The van der Waals surface area contributed by atoms with Crippen LogP contribution in [0.5, 0.6) is 0 Å². The Kier molecular flexibility index (Phi) is 13.6. The number of pyridine rings is 1. The van der Waals surface area contributed by atoms with Crippen molar-refractivity contribution in [3.05, 3.63) is 193 Å². The van der Waals surface area contributed by atoms with E-state index in [0.717, 1.165) is 66.7 Å². The van der Waals surface area contributed by atoms with Crippen molar-refractivity contribution >= 4 is 46.2 Å². The van der Waals surface area contributed by atoms with Gasteiger partial charge in [0.1, 0.15) is 5.58 Å². The van der Waals surface area contributed by atoms with Crippen molar-refractivity contribution in [1.82, 2.24) is 14.5 Å². The number of rotatable bonds is 8. The molecule has 1 radical (unpaired) electrons. The summed E-state index contributed by atoms with van der Waals surface area (Å²) in [6, 6.07) is 62.3. The van der Waals surface area contributed by atoms with Gasteiger partial charge in [0.05, 0.1) is 30.5 Å². The number of benzene rings is 7. The number of fused-ring (bicyclic) bond motifs is 4. The predicted octanol–water partition coefficient (Wildman–Crippen LogP) is 16.4. The summed E-state index contributed by atoms with van der Waals surface area (Å²) in [5.41, 5.74) is 16.6. The van der Waals surface area contributed by atoms with Crippen molar-refractivity contribution < 1.29 is 24.5 Å². The van der Waals surface area contributed by atoms with Crippen molar-refractivity contribution in [2.75, 3.05) is 0 Å². The van der Waals surface area contributed by atoms with Gasteiger partial charge in [0.2, 0.25) is 0 Å². The van der Waals surface area contributed by atoms with Gasteiger partial charge in [-0.3, -0.25) is 4.98 Å². The minimum atomic E-state index is -1.23. The molecule has 0 saturated carbocycles. The molecule has 0 aliphatic carbocycles. The molecule has 0 N–H and O–H groups in total. The molecule has 67 heavy (non-hydrogen) atoms. The molecule has 0 amide bonds. The van der Waals surface area contributed by atoms with E-state index in [2.05, 4.69) is 217 Å². The number of imidazole rings is 1. The summed E-state index contributed by atoms with van der Waals surface area (Å²) in [5.74, 6) is 1.47. The minimum Gasteiger partial charge on any atom is -0.501 e. The van der Waals surface area contributed by atoms with E-state index in [1.165, 1.54) is 38.7 Å². The first-order valence-electron chi connectivity index (χ1n) is 23.3. The molecular formula is C61H59IrN3OSi-2. The maximum Gasteiger partial charge on any atom is 0.121 e. The fraction of sp³-hybridized carbons (Fsp3) is 0.213. The molecule has 10 aromatic rings. The second-order valence-electron chi connectivity index (χ2n) is 20.1. The number of hydrogen-bond acceptors (Lipinski definition) is 3. The molecule has 0 atom stereocenters. The summed E-state index contributed by atoms with van der Waals surface area (Å²) in [7, 11) is -1.23. The summed E-state index contributed by atoms with van der Waals surface area (Å²) in [6.45, 7) is 23.1. The van der Waals surface area contributed by atoms with Gasteiger partial charge in [0, 0.05) is 37.4 Å². The van der Waals surface area contributed by atoms with Gasteiger partial charge in [-0.05, 0) is 85.3 Å². The van der Waals surface area contributed by atoms with Crippen molar-refractivity contribution in [3.63, 3.8) is 0 Å². The SMILES string of the molecule is CC(C)c1cc(C(C)(C)C)cc(C(C)C)c1-n1c(-c2[c-]ccc3c2oc2cc(-c4ccc(-c5ccccc5)cc4)ccc23)nc2ccccc21.C[Si](C)(C)c1ccc(-c2[c-]cccc2)nc1.[Ir]. The van der Waals surface area contributed by atoms with Crippen LogP contribution in [-0.4, -0.2) is 22.6 Å². The molecular weight excluding hydrogens is 1010 g/mol. The van der Waals surface area contributed by atoms with Gasteiger partial charge in [0.15, 0.2) is 0 Å². The van der Waals surface area contributed by atoms with Crippen LogP contribution in [0.25, 0.3) is 83.6 Å². The minimum absolute atomic E-state index is 0. The van der Waals surface area contributed by atoms with Crippen molar-refractivity contribution in [2.45, 2.75) is 85.4 Å². The Hall–Kier alpha value is -6.17. The Morgan fingerprint density at radius 3 is 1.85 bits per heavy atom. The molecule has 0 fully saturated rings. The van der Waals surface area contributed by atoms with E-state index < -0.39 is 8.07 Å². The van der Waals surface area contributed by atoms with Crippen molar-refractivity contribution in [2.24, 2.45) is 0 Å². The number of nitrogens with zero attached hydrogens (tertiary/aromatic N) is 3. The fourth-order valence-electron chi connectivity index (χ4n) is 8.79. The molecule has 4 nitrogen and oxygen atoms in total. The van der Waals surface area contributed by atoms with Gasteiger partial charge in [-0.15, -0.1) is 54.1 Å². The molecule has 10 rings (SSSR count). The van der Waals surface area contributed by atoms with Crippen LogP contribution < -0.4 is 5.19 Å². The predicted molar refractivity (Wildman–Crippen MR) is 282 cm³/mol. The Labute approximate surface area is 411 Å². The largest absolute Gasteiger partial charge is 0.501 e. The van der Waals surface area contributed by atoms with Gasteiger partial charge in [0.25, 0.3) is 0 Å². The molecule has 0 spiro atoms. The quantitative estimate of drug-likeness (QED) is 0.112. The molecule has 0 bridgehead atoms. The second kappa shape index (κ2) is 19.2. The molecule has 339 valence electrons. The average Bonchev–Trinajstić information content (AvgIpc) is 3.90. The van der Waals surface area contributed by atoms with Crippen molar-refractivity contribution in [3.8, 4) is 50.6 Å². The fourth-order valence-corrected chi connectivity index (χ4v) is 9.83. The second-order valence-corrected chi connectivity index (χ2v) is 25.2. The van der Waals surface area contributed by atoms with Gasteiger partial charge in [-0.2, -0.15) is 0 Å². The third-order valence-corrected chi connectivity index (χ3v) is 14.7. The molecule has 3 heterocycles. The molecule has 0 aliphatic rings. The van der Waals surface area contributed by atoms with Gasteiger partial charge < -0.3 is 14.0 Å². The zero-order valence-corrected chi connectivity index (χ0v) is 43.7. The first-order chi connectivity index (χ1) is 31.7. The van der Waals surface area contributed by atoms with Crippen LogP contribution >= 0.6 is 0 Å². The van der Waals surface area contributed by atoms with Crippen LogP contribution in [0.4, 0.5) is 0 Å². The Balaban J connectivity index is 0.000000303. The molecule has 6 heteroatoms. The summed E-state index contributed by atoms with van der Waals surface area (Å²) in [4.78, 5) is 9.84. The third kappa shape index (κ3) is 9.67. The molecule has 7 aromatic carbocycles. The van der Waals surface area contributed by atoms with Crippen LogP contribution in [-0.2, 0) is 25.5 Å². The van der Waals surface area contributed by atoms with E-state index in [4.69, 9.17) is 9.40 Å². The zero-order chi connectivity index (χ0) is 46.3. The number of furan rings is 1. The topological polar surface area (TPSA) is 43.9 Å². The van der Waals surface area contributed by atoms with Crippen LogP contribution in [0.2, 0.25) is 19.6 Å². The first kappa shape index (κ1) is 47.3. The average molecular weight is 1070 g/mol. The van der Waals surface area contributed by atoms with E-state index in [1.807, 2.05) is 36.5 Å². The molecule has 0 aliphatic heterocycles. The van der Waals surface area contributed by atoms with E-state index in [-0.39, 0.29) is 25.5 Å². The Morgan fingerprint density at radius 2 is 1.24 bits per heavy atom. The normalized spacial score (nSPS) is 11.9. The molecule has 0 saturated heterocycles. The number of aromatic nitrogens is 3. The van der Waals surface area contributed by atoms with Crippen LogP contribution in [0.15, 0.2) is 168 Å². The maximum absolute atomic E-state index is 6.81. The Morgan fingerprint density at radius 1 is 0.612 bits per heavy atom. The summed E-state index contributed by atoms with van der Waals surface area (Å²) in [5, 5.41) is 3.55. The van der Waals surface area contributed by atoms with Crippen LogP contribution in [0, 0.1) is 12.1 Å². The number of para-hydroxylation sites is 2. The monoisotopic (exact) mass is 1070 g/mol. The maximum atomic E-state index is 6.81. The van der Waals surface area contributed by atoms with Gasteiger partial charge in [-0.1, -0.05) is 182 Å². The van der Waals surface area contributed by atoms with Crippen molar-refractivity contribution in [1.29, 1.82) is 0 Å². The van der Waals surface area contributed by atoms with Gasteiger partial charge in [-0.25, -0.2) is 0 Å². The van der Waals surface area contributed by atoms with E-state index in [0.29, 0.717) is 11.8 Å². The van der Waals surface area contributed by atoms with E-state index in [1.54, 1.807) is 0 Å². The Bertz CT molecular complexity index is 3270. The summed E-state index contributed by atoms with van der Waals surface area (Å²) in [6.07, 6.45) is 2.02. The summed E-state index contributed by atoms with van der Waals surface area (Å²) < 4.78 is 9.19. The molecule has 3 aromatic heterocycles. The third-order valence-electron chi connectivity index (χ3n) is 12.7. The van der Waals surface area contributed by atoms with E-state index >= 15 is 0 Å². The van der Waals surface area contributed by atoms with Crippen LogP contribution in [0.3, 0.4) is 0 Å². The molecule has 0 unspecified atom stereocenters. The smallest absolute Gasteiger partial charge is 0.121 e. The van der Waals surface area contributed by atoms with Crippen LogP contribution in [0.1, 0.15) is 77.0 Å². The van der Waals surface area contributed by atoms with E-state index in [9.17, 15) is 0 Å².